The lowest BCUT2D eigenvalue weighted by Gasteiger charge is -2.21. The van der Waals surface area contributed by atoms with Crippen molar-refractivity contribution in [3.63, 3.8) is 0 Å². The molecule has 116 valence electrons. The van der Waals surface area contributed by atoms with E-state index >= 15 is 0 Å². The zero-order chi connectivity index (χ0) is 16.5. The Kier molecular flexibility index (Phi) is 4.69. The second kappa shape index (κ2) is 5.78. The van der Waals surface area contributed by atoms with Crippen molar-refractivity contribution in [2.45, 2.75) is 31.7 Å². The first-order valence-electron chi connectivity index (χ1n) is 5.96. The third-order valence-electron chi connectivity index (χ3n) is 3.33. The standard InChI is InChI=1S/C12H16N2O6S/c1-7-5-10(14(17)18)11(6-8(7)2)21(19,20)13(4)9(3)12(15)16/h5-6,9H,1-4H3,(H,15,16). The smallest absolute Gasteiger partial charge is 0.321 e. The van der Waals surface area contributed by atoms with Crippen LogP contribution in [0.25, 0.3) is 0 Å². The number of aryl methyl sites for hydroxylation is 2. The van der Waals surface area contributed by atoms with Gasteiger partial charge in [0, 0.05) is 13.1 Å². The molecule has 1 rings (SSSR count). The Morgan fingerprint density at radius 3 is 2.24 bits per heavy atom. The summed E-state index contributed by atoms with van der Waals surface area (Å²) in [5.41, 5.74) is 0.577. The van der Waals surface area contributed by atoms with Crippen LogP contribution in [0.15, 0.2) is 17.0 Å². The first-order chi connectivity index (χ1) is 9.50. The normalized spacial score (nSPS) is 13.2. The molecule has 1 unspecified atom stereocenters. The molecule has 0 aliphatic heterocycles. The Morgan fingerprint density at radius 1 is 1.33 bits per heavy atom. The van der Waals surface area contributed by atoms with Crippen molar-refractivity contribution >= 4 is 21.7 Å². The predicted molar refractivity (Wildman–Crippen MR) is 74.6 cm³/mol. The summed E-state index contributed by atoms with van der Waals surface area (Å²) in [7, 11) is -3.21. The number of nitrogens with zero attached hydrogens (tertiary/aromatic N) is 2. The number of hydrogen-bond acceptors (Lipinski definition) is 5. The molecule has 1 aromatic rings. The van der Waals surface area contributed by atoms with Crippen LogP contribution in [0.1, 0.15) is 18.1 Å². The highest BCUT2D eigenvalue weighted by molar-refractivity contribution is 7.89. The molecular formula is C12H16N2O6S. The molecule has 0 amide bonds. The van der Waals surface area contributed by atoms with Gasteiger partial charge in [-0.25, -0.2) is 8.42 Å². The first-order valence-corrected chi connectivity index (χ1v) is 7.40. The Balaban J connectivity index is 3.55. The minimum atomic E-state index is -4.29. The second-order valence-corrected chi connectivity index (χ2v) is 6.66. The van der Waals surface area contributed by atoms with Gasteiger partial charge in [-0.3, -0.25) is 14.9 Å². The number of nitro groups is 1. The Labute approximate surface area is 122 Å². The van der Waals surface area contributed by atoms with Gasteiger partial charge in [-0.15, -0.1) is 0 Å². The third kappa shape index (κ3) is 3.19. The molecule has 1 N–H and O–H groups in total. The van der Waals surface area contributed by atoms with E-state index in [1.807, 2.05) is 0 Å². The van der Waals surface area contributed by atoms with Crippen LogP contribution in [-0.2, 0) is 14.8 Å². The fraction of sp³-hybridized carbons (Fsp3) is 0.417. The van der Waals surface area contributed by atoms with Gasteiger partial charge in [0.15, 0.2) is 4.90 Å². The summed E-state index contributed by atoms with van der Waals surface area (Å²) >= 11 is 0. The number of likely N-dealkylation sites (N-methyl/N-ethyl adjacent to an activating group) is 1. The molecule has 9 heteroatoms. The lowest BCUT2D eigenvalue weighted by atomic mass is 10.1. The topological polar surface area (TPSA) is 118 Å². The van der Waals surface area contributed by atoms with Crippen molar-refractivity contribution in [1.29, 1.82) is 0 Å². The van der Waals surface area contributed by atoms with E-state index in [0.29, 0.717) is 15.4 Å². The monoisotopic (exact) mass is 316 g/mol. The van der Waals surface area contributed by atoms with Gasteiger partial charge in [-0.05, 0) is 38.0 Å². The molecular weight excluding hydrogens is 300 g/mol. The first kappa shape index (κ1) is 17.1. The number of carbonyl (C=O) groups is 1. The van der Waals surface area contributed by atoms with Crippen LogP contribution in [0.5, 0.6) is 0 Å². The zero-order valence-electron chi connectivity index (χ0n) is 12.0. The van der Waals surface area contributed by atoms with Gasteiger partial charge in [0.1, 0.15) is 6.04 Å². The number of aliphatic carboxylic acids is 1. The highest BCUT2D eigenvalue weighted by Gasteiger charge is 2.34. The lowest BCUT2D eigenvalue weighted by molar-refractivity contribution is -0.387. The molecule has 0 saturated carbocycles. The number of carboxylic acids is 1. The van der Waals surface area contributed by atoms with E-state index in [1.54, 1.807) is 13.8 Å². The van der Waals surface area contributed by atoms with Crippen molar-refractivity contribution in [2.24, 2.45) is 0 Å². The van der Waals surface area contributed by atoms with Gasteiger partial charge in [-0.2, -0.15) is 4.31 Å². The molecule has 0 heterocycles. The summed E-state index contributed by atoms with van der Waals surface area (Å²) in [4.78, 5) is 20.7. The fourth-order valence-corrected chi connectivity index (χ4v) is 3.18. The Morgan fingerprint density at radius 2 is 1.81 bits per heavy atom. The number of hydrogen-bond donors (Lipinski definition) is 1. The molecule has 0 aliphatic carbocycles. The van der Waals surface area contributed by atoms with Gasteiger partial charge >= 0.3 is 5.97 Å². The van der Waals surface area contributed by atoms with E-state index < -0.39 is 37.5 Å². The van der Waals surface area contributed by atoms with Crippen molar-refractivity contribution in [2.75, 3.05) is 7.05 Å². The average Bonchev–Trinajstić information content (AvgIpc) is 2.38. The highest BCUT2D eigenvalue weighted by Crippen LogP contribution is 2.29. The van der Waals surface area contributed by atoms with Gasteiger partial charge in [0.2, 0.25) is 10.0 Å². The van der Waals surface area contributed by atoms with E-state index in [4.69, 9.17) is 5.11 Å². The van der Waals surface area contributed by atoms with Gasteiger partial charge < -0.3 is 5.11 Å². The average molecular weight is 316 g/mol. The van der Waals surface area contributed by atoms with E-state index in [0.717, 1.165) is 7.05 Å². The summed E-state index contributed by atoms with van der Waals surface area (Å²) in [6.45, 7) is 4.44. The molecule has 21 heavy (non-hydrogen) atoms. The van der Waals surface area contributed by atoms with Gasteiger partial charge in [-0.1, -0.05) is 0 Å². The molecule has 0 aromatic heterocycles. The third-order valence-corrected chi connectivity index (χ3v) is 5.29. The van der Waals surface area contributed by atoms with E-state index in [2.05, 4.69) is 0 Å². The maximum Gasteiger partial charge on any atom is 0.321 e. The summed E-state index contributed by atoms with van der Waals surface area (Å²) in [5, 5.41) is 20.0. The molecule has 8 nitrogen and oxygen atoms in total. The maximum atomic E-state index is 12.4. The van der Waals surface area contributed by atoms with Crippen molar-refractivity contribution in [3.05, 3.63) is 33.4 Å². The van der Waals surface area contributed by atoms with E-state index in [9.17, 15) is 23.3 Å². The van der Waals surface area contributed by atoms with Crippen LogP contribution < -0.4 is 0 Å². The summed E-state index contributed by atoms with van der Waals surface area (Å²) in [6.07, 6.45) is 0. The Bertz CT molecular complexity index is 698. The molecule has 1 atom stereocenters. The number of rotatable bonds is 5. The molecule has 0 spiro atoms. The summed E-state index contributed by atoms with van der Waals surface area (Å²) in [5.74, 6) is -1.34. The molecule has 0 fully saturated rings. The second-order valence-electron chi connectivity index (χ2n) is 4.70. The zero-order valence-corrected chi connectivity index (χ0v) is 12.8. The number of benzene rings is 1. The minimum Gasteiger partial charge on any atom is -0.480 e. The van der Waals surface area contributed by atoms with Crippen molar-refractivity contribution in [3.8, 4) is 0 Å². The largest absolute Gasteiger partial charge is 0.480 e. The Hall–Kier alpha value is -2.00. The molecule has 0 radical (unpaired) electrons. The SMILES string of the molecule is Cc1cc([N+](=O)[O-])c(S(=O)(=O)N(C)C(C)C(=O)O)cc1C. The molecule has 1 aromatic carbocycles. The van der Waals surface area contributed by atoms with Gasteiger partial charge in [0.25, 0.3) is 5.69 Å². The summed E-state index contributed by atoms with van der Waals surface area (Å²) in [6, 6.07) is 1.02. The molecule has 0 saturated heterocycles. The maximum absolute atomic E-state index is 12.4. The van der Waals surface area contributed by atoms with Crippen LogP contribution >= 0.6 is 0 Å². The van der Waals surface area contributed by atoms with Crippen LogP contribution in [0.4, 0.5) is 5.69 Å². The van der Waals surface area contributed by atoms with Crippen LogP contribution in [0, 0.1) is 24.0 Å². The number of nitro benzene ring substituents is 1. The van der Waals surface area contributed by atoms with Gasteiger partial charge in [0.05, 0.1) is 4.92 Å². The number of carboxylic acid groups (broad SMARTS) is 1. The van der Waals surface area contributed by atoms with E-state index in [1.165, 1.54) is 19.1 Å². The minimum absolute atomic E-state index is 0.508. The van der Waals surface area contributed by atoms with Crippen molar-refractivity contribution in [1.82, 2.24) is 4.31 Å². The summed E-state index contributed by atoms with van der Waals surface area (Å²) < 4.78 is 25.5. The lowest BCUT2D eigenvalue weighted by Crippen LogP contribution is -2.40. The quantitative estimate of drug-likeness (QED) is 0.646. The molecule has 0 aliphatic rings. The van der Waals surface area contributed by atoms with Crippen LogP contribution in [0.2, 0.25) is 0 Å². The van der Waals surface area contributed by atoms with E-state index in [-0.39, 0.29) is 0 Å². The predicted octanol–water partition coefficient (Wildman–Crippen LogP) is 1.31. The van der Waals surface area contributed by atoms with Crippen molar-refractivity contribution < 1.29 is 23.2 Å². The highest BCUT2D eigenvalue weighted by atomic mass is 32.2. The number of sulfonamides is 1. The molecule has 0 bridgehead atoms. The van der Waals surface area contributed by atoms with Crippen LogP contribution in [-0.4, -0.2) is 41.8 Å². The van der Waals surface area contributed by atoms with Crippen LogP contribution in [0.3, 0.4) is 0 Å². The fourth-order valence-electron chi connectivity index (χ4n) is 1.64.